The molecule has 1 saturated heterocycles. The zero-order valence-electron chi connectivity index (χ0n) is 11.3. The van der Waals surface area contributed by atoms with Crippen LogP contribution in [-0.4, -0.2) is 37.2 Å². The van der Waals surface area contributed by atoms with Crippen LogP contribution >= 0.6 is 0 Å². The van der Waals surface area contributed by atoms with Gasteiger partial charge in [-0.05, 0) is 44.1 Å². The monoisotopic (exact) mass is 278 g/mol. The summed E-state index contributed by atoms with van der Waals surface area (Å²) in [4.78, 5) is 23.2. The highest BCUT2D eigenvalue weighted by molar-refractivity contribution is 5.96. The van der Waals surface area contributed by atoms with E-state index in [1.54, 1.807) is 6.07 Å². The van der Waals surface area contributed by atoms with Gasteiger partial charge in [0.15, 0.2) is 0 Å². The van der Waals surface area contributed by atoms with Crippen molar-refractivity contribution in [3.05, 3.63) is 23.8 Å². The van der Waals surface area contributed by atoms with E-state index in [1.807, 2.05) is 0 Å². The van der Waals surface area contributed by atoms with Crippen molar-refractivity contribution in [3.63, 3.8) is 0 Å². The number of anilines is 1. The normalized spacial score (nSPS) is 15.7. The second-order valence-corrected chi connectivity index (χ2v) is 4.73. The van der Waals surface area contributed by atoms with Gasteiger partial charge in [0, 0.05) is 5.92 Å². The number of hydrogen-bond donors (Lipinski definition) is 3. The van der Waals surface area contributed by atoms with Crippen LogP contribution in [0, 0.1) is 5.92 Å². The van der Waals surface area contributed by atoms with Crippen LogP contribution < -0.4 is 15.4 Å². The number of methoxy groups -OCH3 is 1. The standard InChI is InChI=1S/C14H18N2O4/c1-20-12-3-2-10(14(18)19)8-11(12)16-13(17)9-4-6-15-7-5-9/h2-3,8-9,15H,4-7H2,1H3,(H,16,17)(H,18,19). The van der Waals surface area contributed by atoms with E-state index in [0.717, 1.165) is 25.9 Å². The zero-order valence-corrected chi connectivity index (χ0v) is 11.3. The lowest BCUT2D eigenvalue weighted by Crippen LogP contribution is -2.34. The Morgan fingerprint density at radius 2 is 2.05 bits per heavy atom. The first-order valence-corrected chi connectivity index (χ1v) is 6.54. The Hall–Kier alpha value is -2.08. The van der Waals surface area contributed by atoms with E-state index in [9.17, 15) is 9.59 Å². The zero-order chi connectivity index (χ0) is 14.5. The van der Waals surface area contributed by atoms with Crippen molar-refractivity contribution < 1.29 is 19.4 Å². The van der Waals surface area contributed by atoms with Gasteiger partial charge in [0.05, 0.1) is 18.4 Å². The summed E-state index contributed by atoms with van der Waals surface area (Å²) < 4.78 is 5.15. The molecule has 20 heavy (non-hydrogen) atoms. The maximum absolute atomic E-state index is 12.2. The number of amides is 1. The van der Waals surface area contributed by atoms with Gasteiger partial charge in [-0.1, -0.05) is 0 Å². The van der Waals surface area contributed by atoms with Crippen molar-refractivity contribution in [3.8, 4) is 5.75 Å². The molecule has 1 amide bonds. The van der Waals surface area contributed by atoms with Gasteiger partial charge in [-0.15, -0.1) is 0 Å². The smallest absolute Gasteiger partial charge is 0.335 e. The molecule has 108 valence electrons. The van der Waals surface area contributed by atoms with Gasteiger partial charge in [-0.3, -0.25) is 4.79 Å². The molecule has 2 rings (SSSR count). The van der Waals surface area contributed by atoms with Crippen molar-refractivity contribution in [1.29, 1.82) is 0 Å². The van der Waals surface area contributed by atoms with Crippen molar-refractivity contribution in [2.45, 2.75) is 12.8 Å². The molecule has 1 aliphatic heterocycles. The molecule has 0 radical (unpaired) electrons. The fourth-order valence-electron chi connectivity index (χ4n) is 2.26. The molecule has 0 aliphatic carbocycles. The fraction of sp³-hybridized carbons (Fsp3) is 0.429. The first-order chi connectivity index (χ1) is 9.61. The predicted molar refractivity (Wildman–Crippen MR) is 74.2 cm³/mol. The van der Waals surface area contributed by atoms with Gasteiger partial charge in [-0.2, -0.15) is 0 Å². The maximum atomic E-state index is 12.2. The summed E-state index contributed by atoms with van der Waals surface area (Å²) in [5.74, 6) is -0.718. The summed E-state index contributed by atoms with van der Waals surface area (Å²) in [5.41, 5.74) is 0.516. The van der Waals surface area contributed by atoms with E-state index >= 15 is 0 Å². The third-order valence-electron chi connectivity index (χ3n) is 3.41. The van der Waals surface area contributed by atoms with Crippen molar-refractivity contribution >= 4 is 17.6 Å². The molecule has 0 saturated carbocycles. The van der Waals surface area contributed by atoms with E-state index in [0.29, 0.717) is 11.4 Å². The molecule has 1 aromatic carbocycles. The van der Waals surface area contributed by atoms with Gasteiger partial charge >= 0.3 is 5.97 Å². The van der Waals surface area contributed by atoms with Crippen LogP contribution in [0.1, 0.15) is 23.2 Å². The first kappa shape index (κ1) is 14.3. The lowest BCUT2D eigenvalue weighted by molar-refractivity contribution is -0.120. The minimum atomic E-state index is -1.04. The van der Waals surface area contributed by atoms with Gasteiger partial charge in [0.25, 0.3) is 0 Å². The van der Waals surface area contributed by atoms with Crippen LogP contribution in [0.25, 0.3) is 0 Å². The third kappa shape index (κ3) is 3.27. The SMILES string of the molecule is COc1ccc(C(=O)O)cc1NC(=O)C1CCNCC1. The predicted octanol–water partition coefficient (Wildman–Crippen LogP) is 1.33. The molecule has 0 aromatic heterocycles. The third-order valence-corrected chi connectivity index (χ3v) is 3.41. The van der Waals surface area contributed by atoms with Gasteiger partial charge in [0.1, 0.15) is 5.75 Å². The van der Waals surface area contributed by atoms with Crippen LogP contribution in [0.5, 0.6) is 5.75 Å². The molecule has 0 bridgehead atoms. The Kier molecular flexibility index (Phi) is 4.57. The highest BCUT2D eigenvalue weighted by Crippen LogP contribution is 2.27. The number of piperidine rings is 1. The Morgan fingerprint density at radius 3 is 2.65 bits per heavy atom. The quantitative estimate of drug-likeness (QED) is 0.773. The molecule has 0 unspecified atom stereocenters. The van der Waals surface area contributed by atoms with Crippen LogP contribution in [0.2, 0.25) is 0 Å². The van der Waals surface area contributed by atoms with Gasteiger partial charge in [0.2, 0.25) is 5.91 Å². The number of carbonyl (C=O) groups excluding carboxylic acids is 1. The molecule has 0 spiro atoms. The Bertz CT molecular complexity index is 510. The van der Waals surface area contributed by atoms with E-state index in [-0.39, 0.29) is 17.4 Å². The van der Waals surface area contributed by atoms with Crippen molar-refractivity contribution in [2.75, 3.05) is 25.5 Å². The highest BCUT2D eigenvalue weighted by atomic mass is 16.5. The summed E-state index contributed by atoms with van der Waals surface area (Å²) >= 11 is 0. The molecule has 1 heterocycles. The molecule has 6 heteroatoms. The Morgan fingerprint density at radius 1 is 1.35 bits per heavy atom. The summed E-state index contributed by atoms with van der Waals surface area (Å²) in [6.07, 6.45) is 1.57. The number of carboxylic acids is 1. The lowest BCUT2D eigenvalue weighted by atomic mass is 9.97. The largest absolute Gasteiger partial charge is 0.495 e. The van der Waals surface area contributed by atoms with Crippen LogP contribution in [-0.2, 0) is 4.79 Å². The van der Waals surface area contributed by atoms with E-state index in [2.05, 4.69) is 10.6 Å². The minimum absolute atomic E-state index is 0.0468. The van der Waals surface area contributed by atoms with E-state index in [4.69, 9.17) is 9.84 Å². The molecule has 6 nitrogen and oxygen atoms in total. The molecule has 1 aromatic rings. The maximum Gasteiger partial charge on any atom is 0.335 e. The van der Waals surface area contributed by atoms with Gasteiger partial charge < -0.3 is 20.5 Å². The topological polar surface area (TPSA) is 87.7 Å². The van der Waals surface area contributed by atoms with Crippen LogP contribution in [0.15, 0.2) is 18.2 Å². The second-order valence-electron chi connectivity index (χ2n) is 4.73. The lowest BCUT2D eigenvalue weighted by Gasteiger charge is -2.22. The molecule has 3 N–H and O–H groups in total. The molecule has 1 aliphatic rings. The van der Waals surface area contributed by atoms with Gasteiger partial charge in [-0.25, -0.2) is 4.79 Å². The number of hydrogen-bond acceptors (Lipinski definition) is 4. The average Bonchev–Trinajstić information content (AvgIpc) is 2.48. The van der Waals surface area contributed by atoms with Crippen LogP contribution in [0.3, 0.4) is 0 Å². The number of ether oxygens (including phenoxy) is 1. The number of benzene rings is 1. The summed E-state index contributed by atoms with van der Waals surface area (Å²) in [6.45, 7) is 1.65. The van der Waals surface area contributed by atoms with Crippen LogP contribution in [0.4, 0.5) is 5.69 Å². The second kappa shape index (κ2) is 6.38. The fourth-order valence-corrected chi connectivity index (χ4v) is 2.26. The first-order valence-electron chi connectivity index (χ1n) is 6.54. The number of aromatic carboxylic acids is 1. The summed E-state index contributed by atoms with van der Waals surface area (Å²) in [7, 11) is 1.48. The molecule has 0 atom stereocenters. The minimum Gasteiger partial charge on any atom is -0.495 e. The molecule has 1 fully saturated rings. The van der Waals surface area contributed by atoms with E-state index in [1.165, 1.54) is 19.2 Å². The Balaban J connectivity index is 2.15. The van der Waals surface area contributed by atoms with Crippen molar-refractivity contribution in [1.82, 2.24) is 5.32 Å². The van der Waals surface area contributed by atoms with E-state index < -0.39 is 5.97 Å². The number of nitrogens with one attached hydrogen (secondary N) is 2. The average molecular weight is 278 g/mol. The number of rotatable bonds is 4. The summed E-state index contributed by atoms with van der Waals surface area (Å²) in [5, 5.41) is 15.0. The molecular formula is C14H18N2O4. The molecular weight excluding hydrogens is 260 g/mol. The summed E-state index contributed by atoms with van der Waals surface area (Å²) in [6, 6.07) is 4.41. The number of carboxylic acid groups (broad SMARTS) is 1. The number of carbonyl (C=O) groups is 2. The Labute approximate surface area is 117 Å². The van der Waals surface area contributed by atoms with Crippen molar-refractivity contribution in [2.24, 2.45) is 5.92 Å². The highest BCUT2D eigenvalue weighted by Gasteiger charge is 2.22.